The number of aryl methyl sites for hydroxylation is 1. The van der Waals surface area contributed by atoms with Gasteiger partial charge in [0.15, 0.2) is 0 Å². The number of rotatable bonds is 3. The van der Waals surface area contributed by atoms with Crippen molar-refractivity contribution in [1.29, 1.82) is 0 Å². The Labute approximate surface area is 145 Å². The van der Waals surface area contributed by atoms with Crippen molar-refractivity contribution in [3.63, 3.8) is 0 Å². The Hall–Kier alpha value is -3.27. The van der Waals surface area contributed by atoms with E-state index in [0.717, 1.165) is 33.5 Å². The molecule has 0 fully saturated rings. The molecule has 4 rings (SSSR count). The molecule has 0 spiro atoms. The molecule has 1 N–H and O–H groups in total. The van der Waals surface area contributed by atoms with Gasteiger partial charge in [-0.3, -0.25) is 0 Å². The molecule has 122 valence electrons. The van der Waals surface area contributed by atoms with E-state index in [1.165, 1.54) is 0 Å². The standard InChI is InChI=1S/C21H16FN3/c1-14-7-8-16(12-19(14)22)15-9-10-20-18(11-15)21(24-13-23-20)25-17-5-3-2-4-6-17/h2-13H,1H3,(H,23,24,25). The number of para-hydroxylation sites is 1. The Morgan fingerprint density at radius 1 is 0.840 bits per heavy atom. The average Bonchev–Trinajstić information content (AvgIpc) is 2.65. The van der Waals surface area contributed by atoms with Crippen LogP contribution in [0.15, 0.2) is 73.1 Å². The van der Waals surface area contributed by atoms with Crippen molar-refractivity contribution in [2.24, 2.45) is 0 Å². The Morgan fingerprint density at radius 2 is 1.60 bits per heavy atom. The van der Waals surface area contributed by atoms with Crippen molar-refractivity contribution in [3.8, 4) is 11.1 Å². The van der Waals surface area contributed by atoms with Crippen LogP contribution in [0.4, 0.5) is 15.9 Å². The highest BCUT2D eigenvalue weighted by Gasteiger charge is 2.08. The van der Waals surface area contributed by atoms with E-state index in [-0.39, 0.29) is 5.82 Å². The highest BCUT2D eigenvalue weighted by molar-refractivity contribution is 5.93. The van der Waals surface area contributed by atoms with Gasteiger partial charge in [-0.05, 0) is 53.9 Å². The fourth-order valence-corrected chi connectivity index (χ4v) is 2.77. The third-order valence-corrected chi connectivity index (χ3v) is 4.18. The summed E-state index contributed by atoms with van der Waals surface area (Å²) in [6.45, 7) is 1.76. The molecule has 0 amide bonds. The van der Waals surface area contributed by atoms with E-state index in [2.05, 4.69) is 15.3 Å². The molecule has 0 atom stereocenters. The van der Waals surface area contributed by atoms with Crippen LogP contribution in [-0.2, 0) is 0 Å². The van der Waals surface area contributed by atoms with E-state index in [1.807, 2.05) is 54.6 Å². The van der Waals surface area contributed by atoms with Crippen LogP contribution in [0, 0.1) is 12.7 Å². The lowest BCUT2D eigenvalue weighted by Crippen LogP contribution is -1.96. The summed E-state index contributed by atoms with van der Waals surface area (Å²) >= 11 is 0. The van der Waals surface area contributed by atoms with Crippen LogP contribution < -0.4 is 5.32 Å². The topological polar surface area (TPSA) is 37.8 Å². The summed E-state index contributed by atoms with van der Waals surface area (Å²) in [7, 11) is 0. The first kappa shape index (κ1) is 15.3. The van der Waals surface area contributed by atoms with Crippen molar-refractivity contribution in [2.75, 3.05) is 5.32 Å². The minimum absolute atomic E-state index is 0.204. The SMILES string of the molecule is Cc1ccc(-c2ccc3ncnc(Nc4ccccc4)c3c2)cc1F. The van der Waals surface area contributed by atoms with Crippen molar-refractivity contribution in [3.05, 3.63) is 84.4 Å². The molecule has 25 heavy (non-hydrogen) atoms. The smallest absolute Gasteiger partial charge is 0.141 e. The first-order valence-corrected chi connectivity index (χ1v) is 8.04. The summed E-state index contributed by atoms with van der Waals surface area (Å²) in [5, 5.41) is 4.21. The van der Waals surface area contributed by atoms with Crippen LogP contribution in [0.5, 0.6) is 0 Å². The largest absolute Gasteiger partial charge is 0.340 e. The Morgan fingerprint density at radius 3 is 2.40 bits per heavy atom. The molecule has 3 nitrogen and oxygen atoms in total. The minimum atomic E-state index is -0.204. The van der Waals surface area contributed by atoms with Gasteiger partial charge in [0.2, 0.25) is 0 Å². The molecule has 1 aromatic heterocycles. The molecular weight excluding hydrogens is 313 g/mol. The van der Waals surface area contributed by atoms with E-state index in [4.69, 9.17) is 0 Å². The molecular formula is C21H16FN3. The highest BCUT2D eigenvalue weighted by Crippen LogP contribution is 2.29. The Balaban J connectivity index is 1.81. The Kier molecular flexibility index (Phi) is 3.86. The fraction of sp³-hybridized carbons (Fsp3) is 0.0476. The van der Waals surface area contributed by atoms with Crippen molar-refractivity contribution in [1.82, 2.24) is 9.97 Å². The van der Waals surface area contributed by atoms with E-state index >= 15 is 0 Å². The predicted octanol–water partition coefficient (Wildman–Crippen LogP) is 5.49. The molecule has 4 aromatic rings. The summed E-state index contributed by atoms with van der Waals surface area (Å²) in [5.41, 5.74) is 4.19. The normalized spacial score (nSPS) is 10.8. The number of aromatic nitrogens is 2. The zero-order chi connectivity index (χ0) is 17.2. The van der Waals surface area contributed by atoms with Crippen LogP contribution in [0.1, 0.15) is 5.56 Å². The molecule has 0 aliphatic carbocycles. The summed E-state index contributed by atoms with van der Waals surface area (Å²) < 4.78 is 13.9. The molecule has 0 radical (unpaired) electrons. The van der Waals surface area contributed by atoms with Gasteiger partial charge in [-0.2, -0.15) is 0 Å². The second-order valence-electron chi connectivity index (χ2n) is 5.91. The zero-order valence-electron chi connectivity index (χ0n) is 13.7. The van der Waals surface area contributed by atoms with E-state index < -0.39 is 0 Å². The molecule has 3 aromatic carbocycles. The minimum Gasteiger partial charge on any atom is -0.340 e. The van der Waals surface area contributed by atoms with Gasteiger partial charge in [-0.1, -0.05) is 36.4 Å². The summed E-state index contributed by atoms with van der Waals surface area (Å²) in [5.74, 6) is 0.523. The van der Waals surface area contributed by atoms with Gasteiger partial charge in [0.25, 0.3) is 0 Å². The van der Waals surface area contributed by atoms with Gasteiger partial charge in [-0.15, -0.1) is 0 Å². The number of hydrogen-bond acceptors (Lipinski definition) is 3. The summed E-state index contributed by atoms with van der Waals surface area (Å²) in [6.07, 6.45) is 1.54. The van der Waals surface area contributed by atoms with Gasteiger partial charge in [0, 0.05) is 11.1 Å². The maximum atomic E-state index is 13.9. The van der Waals surface area contributed by atoms with Crippen LogP contribution in [0.25, 0.3) is 22.0 Å². The number of nitrogens with zero attached hydrogens (tertiary/aromatic N) is 2. The second-order valence-corrected chi connectivity index (χ2v) is 5.91. The number of fused-ring (bicyclic) bond motifs is 1. The number of hydrogen-bond donors (Lipinski definition) is 1. The van der Waals surface area contributed by atoms with Gasteiger partial charge in [-0.25, -0.2) is 14.4 Å². The van der Waals surface area contributed by atoms with Crippen LogP contribution in [0.2, 0.25) is 0 Å². The lowest BCUT2D eigenvalue weighted by molar-refractivity contribution is 0.619. The quantitative estimate of drug-likeness (QED) is 0.540. The second kappa shape index (κ2) is 6.32. The number of benzene rings is 3. The molecule has 0 aliphatic rings. The van der Waals surface area contributed by atoms with E-state index in [1.54, 1.807) is 25.4 Å². The summed E-state index contributed by atoms with van der Waals surface area (Å²) in [6, 6.07) is 21.0. The Bertz CT molecular complexity index is 1050. The van der Waals surface area contributed by atoms with Gasteiger partial charge in [0.1, 0.15) is 18.0 Å². The van der Waals surface area contributed by atoms with E-state index in [0.29, 0.717) is 5.56 Å². The lowest BCUT2D eigenvalue weighted by atomic mass is 10.0. The predicted molar refractivity (Wildman–Crippen MR) is 99.4 cm³/mol. The van der Waals surface area contributed by atoms with Crippen molar-refractivity contribution < 1.29 is 4.39 Å². The number of halogens is 1. The van der Waals surface area contributed by atoms with Crippen molar-refractivity contribution in [2.45, 2.75) is 6.92 Å². The first-order valence-electron chi connectivity index (χ1n) is 8.04. The van der Waals surface area contributed by atoms with Gasteiger partial charge < -0.3 is 5.32 Å². The average molecular weight is 329 g/mol. The number of anilines is 2. The molecule has 0 saturated carbocycles. The maximum absolute atomic E-state index is 13.9. The lowest BCUT2D eigenvalue weighted by Gasteiger charge is -2.10. The zero-order valence-corrected chi connectivity index (χ0v) is 13.7. The van der Waals surface area contributed by atoms with Gasteiger partial charge in [0.05, 0.1) is 5.52 Å². The van der Waals surface area contributed by atoms with Crippen LogP contribution in [-0.4, -0.2) is 9.97 Å². The molecule has 0 bridgehead atoms. The number of nitrogens with one attached hydrogen (secondary N) is 1. The fourth-order valence-electron chi connectivity index (χ4n) is 2.77. The van der Waals surface area contributed by atoms with E-state index in [9.17, 15) is 4.39 Å². The third kappa shape index (κ3) is 3.06. The first-order chi connectivity index (χ1) is 12.2. The highest BCUT2D eigenvalue weighted by atomic mass is 19.1. The van der Waals surface area contributed by atoms with Crippen LogP contribution >= 0.6 is 0 Å². The molecule has 0 unspecified atom stereocenters. The molecule has 4 heteroatoms. The van der Waals surface area contributed by atoms with Crippen LogP contribution in [0.3, 0.4) is 0 Å². The molecule has 0 saturated heterocycles. The molecule has 0 aliphatic heterocycles. The van der Waals surface area contributed by atoms with Gasteiger partial charge >= 0.3 is 0 Å². The third-order valence-electron chi connectivity index (χ3n) is 4.18. The monoisotopic (exact) mass is 329 g/mol. The summed E-state index contributed by atoms with van der Waals surface area (Å²) in [4.78, 5) is 8.70. The van der Waals surface area contributed by atoms with Crippen molar-refractivity contribution >= 4 is 22.4 Å². The maximum Gasteiger partial charge on any atom is 0.141 e. The molecule has 1 heterocycles.